The van der Waals surface area contributed by atoms with Gasteiger partial charge in [-0.3, -0.25) is 14.5 Å². The summed E-state index contributed by atoms with van der Waals surface area (Å²) in [6.07, 6.45) is 0.377. The lowest BCUT2D eigenvalue weighted by Crippen LogP contribution is -2.24. The van der Waals surface area contributed by atoms with Gasteiger partial charge in [0.2, 0.25) is 5.91 Å². The topological polar surface area (TPSA) is 75.4 Å². The van der Waals surface area contributed by atoms with Gasteiger partial charge in [-0.15, -0.1) is 0 Å². The molecule has 1 heterocycles. The van der Waals surface area contributed by atoms with E-state index >= 15 is 0 Å². The van der Waals surface area contributed by atoms with Gasteiger partial charge in [-0.05, 0) is 45.2 Å². The van der Waals surface area contributed by atoms with Crippen molar-refractivity contribution in [1.29, 1.82) is 0 Å². The van der Waals surface area contributed by atoms with Crippen LogP contribution < -0.4 is 5.32 Å². The number of benzene rings is 1. The van der Waals surface area contributed by atoms with Gasteiger partial charge in [-0.1, -0.05) is 5.16 Å². The Labute approximate surface area is 135 Å². The molecule has 0 atom stereocenters. The molecule has 6 nitrogen and oxygen atoms in total. The van der Waals surface area contributed by atoms with E-state index in [1.54, 1.807) is 24.3 Å². The Morgan fingerprint density at radius 1 is 1.26 bits per heavy atom. The second-order valence-corrected chi connectivity index (χ2v) is 5.60. The molecule has 0 saturated carbocycles. The first kappa shape index (κ1) is 16.9. The van der Waals surface area contributed by atoms with Gasteiger partial charge in [0.25, 0.3) is 0 Å². The average Bonchev–Trinajstić information content (AvgIpc) is 2.91. The number of aromatic nitrogens is 1. The molecular weight excluding hydrogens is 294 g/mol. The number of carbonyl (C=O) groups excluding carboxylic acids is 2. The molecule has 0 unspecified atom stereocenters. The average molecular weight is 315 g/mol. The van der Waals surface area contributed by atoms with Crippen molar-refractivity contribution in [2.45, 2.75) is 26.8 Å². The van der Waals surface area contributed by atoms with Crippen molar-refractivity contribution < 1.29 is 14.1 Å². The predicted molar refractivity (Wildman–Crippen MR) is 87.3 cm³/mol. The van der Waals surface area contributed by atoms with E-state index in [2.05, 4.69) is 10.5 Å². The normalized spacial score (nSPS) is 10.8. The molecule has 23 heavy (non-hydrogen) atoms. The van der Waals surface area contributed by atoms with Gasteiger partial charge in [0.15, 0.2) is 5.78 Å². The number of nitrogens with zero attached hydrogens (tertiary/aromatic N) is 2. The highest BCUT2D eigenvalue weighted by atomic mass is 16.5. The van der Waals surface area contributed by atoms with E-state index in [1.807, 2.05) is 24.9 Å². The van der Waals surface area contributed by atoms with Crippen LogP contribution in [0.5, 0.6) is 0 Å². The largest absolute Gasteiger partial charge is 0.361 e. The van der Waals surface area contributed by atoms with Crippen LogP contribution in [0.4, 0.5) is 5.69 Å². The van der Waals surface area contributed by atoms with Gasteiger partial charge >= 0.3 is 0 Å². The minimum absolute atomic E-state index is 0.00703. The predicted octanol–water partition coefficient (Wildman–Crippen LogP) is 2.65. The van der Waals surface area contributed by atoms with Crippen LogP contribution in [0.3, 0.4) is 0 Å². The fraction of sp³-hybridized carbons (Fsp3) is 0.353. The maximum absolute atomic E-state index is 12.0. The van der Waals surface area contributed by atoms with E-state index in [1.165, 1.54) is 6.92 Å². The van der Waals surface area contributed by atoms with Crippen LogP contribution in [0, 0.1) is 6.92 Å². The van der Waals surface area contributed by atoms with Crippen LogP contribution >= 0.6 is 0 Å². The zero-order valence-electron chi connectivity index (χ0n) is 13.6. The smallest absolute Gasteiger partial charge is 0.225 e. The SMILES string of the molecule is CC(=O)c1ccc(NC(=O)CCN(C)Cc2cc(C)on2)cc1. The number of anilines is 1. The van der Waals surface area contributed by atoms with E-state index in [4.69, 9.17) is 4.52 Å². The zero-order chi connectivity index (χ0) is 16.8. The Kier molecular flexibility index (Phi) is 5.65. The highest BCUT2D eigenvalue weighted by Crippen LogP contribution is 2.11. The highest BCUT2D eigenvalue weighted by Gasteiger charge is 2.08. The van der Waals surface area contributed by atoms with Crippen molar-refractivity contribution in [3.8, 4) is 0 Å². The van der Waals surface area contributed by atoms with Gasteiger partial charge in [0.05, 0.1) is 5.69 Å². The number of amides is 1. The van der Waals surface area contributed by atoms with Crippen molar-refractivity contribution in [3.05, 3.63) is 47.3 Å². The summed E-state index contributed by atoms with van der Waals surface area (Å²) in [4.78, 5) is 25.2. The lowest BCUT2D eigenvalue weighted by Gasteiger charge is -2.14. The Hall–Kier alpha value is -2.47. The van der Waals surface area contributed by atoms with Crippen LogP contribution in [0.15, 0.2) is 34.9 Å². The molecule has 0 fully saturated rings. The highest BCUT2D eigenvalue weighted by molar-refractivity contribution is 5.95. The second-order valence-electron chi connectivity index (χ2n) is 5.60. The summed E-state index contributed by atoms with van der Waals surface area (Å²) in [7, 11) is 1.93. The number of hydrogen-bond donors (Lipinski definition) is 1. The lowest BCUT2D eigenvalue weighted by molar-refractivity contribution is -0.116. The number of hydrogen-bond acceptors (Lipinski definition) is 5. The standard InChI is InChI=1S/C17H21N3O3/c1-12-10-16(19-23-12)11-20(3)9-8-17(22)18-15-6-4-14(5-7-15)13(2)21/h4-7,10H,8-9,11H2,1-3H3,(H,18,22). The second kappa shape index (κ2) is 7.69. The van der Waals surface area contributed by atoms with Crippen LogP contribution in [0.25, 0.3) is 0 Å². The fourth-order valence-corrected chi connectivity index (χ4v) is 2.15. The third-order valence-corrected chi connectivity index (χ3v) is 3.40. The Morgan fingerprint density at radius 3 is 2.52 bits per heavy atom. The van der Waals surface area contributed by atoms with E-state index in [0.717, 1.165) is 11.5 Å². The van der Waals surface area contributed by atoms with Crippen molar-refractivity contribution >= 4 is 17.4 Å². The minimum Gasteiger partial charge on any atom is -0.361 e. The molecule has 1 N–H and O–H groups in total. The quantitative estimate of drug-likeness (QED) is 0.795. The maximum Gasteiger partial charge on any atom is 0.225 e. The fourth-order valence-electron chi connectivity index (χ4n) is 2.15. The minimum atomic E-state index is -0.0660. The van der Waals surface area contributed by atoms with Crippen molar-refractivity contribution in [3.63, 3.8) is 0 Å². The Bertz CT molecular complexity index is 677. The van der Waals surface area contributed by atoms with E-state index in [0.29, 0.717) is 30.8 Å². The van der Waals surface area contributed by atoms with Gasteiger partial charge in [0, 0.05) is 36.8 Å². The van der Waals surface area contributed by atoms with Crippen molar-refractivity contribution in [2.24, 2.45) is 0 Å². The molecule has 1 aromatic heterocycles. The summed E-state index contributed by atoms with van der Waals surface area (Å²) in [5, 5.41) is 6.75. The lowest BCUT2D eigenvalue weighted by atomic mass is 10.1. The number of aryl methyl sites for hydroxylation is 1. The molecule has 122 valence electrons. The molecule has 1 aromatic carbocycles. The van der Waals surface area contributed by atoms with Crippen LogP contribution in [-0.2, 0) is 11.3 Å². The van der Waals surface area contributed by atoms with Gasteiger partial charge < -0.3 is 9.84 Å². The number of carbonyl (C=O) groups is 2. The third-order valence-electron chi connectivity index (χ3n) is 3.40. The Morgan fingerprint density at radius 2 is 1.96 bits per heavy atom. The molecule has 0 aliphatic heterocycles. The molecule has 0 aliphatic rings. The molecular formula is C17H21N3O3. The van der Waals surface area contributed by atoms with Crippen molar-refractivity contribution in [2.75, 3.05) is 18.9 Å². The van der Waals surface area contributed by atoms with Gasteiger partial charge in [-0.2, -0.15) is 0 Å². The number of Topliss-reactive ketones (excluding diaryl/α,β-unsaturated/α-hetero) is 1. The summed E-state index contributed by atoms with van der Waals surface area (Å²) < 4.78 is 5.02. The van der Waals surface area contributed by atoms with E-state index in [-0.39, 0.29) is 11.7 Å². The van der Waals surface area contributed by atoms with Crippen molar-refractivity contribution in [1.82, 2.24) is 10.1 Å². The maximum atomic E-state index is 12.0. The first-order chi connectivity index (χ1) is 10.9. The first-order valence-corrected chi connectivity index (χ1v) is 7.45. The molecule has 6 heteroatoms. The molecule has 2 aromatic rings. The van der Waals surface area contributed by atoms with E-state index in [9.17, 15) is 9.59 Å². The molecule has 1 amide bonds. The van der Waals surface area contributed by atoms with Gasteiger partial charge in [-0.25, -0.2) is 0 Å². The molecule has 0 aliphatic carbocycles. The molecule has 0 bridgehead atoms. The molecule has 2 rings (SSSR count). The summed E-state index contributed by atoms with van der Waals surface area (Å²) in [6, 6.07) is 8.76. The number of ketones is 1. The summed E-state index contributed by atoms with van der Waals surface area (Å²) >= 11 is 0. The van der Waals surface area contributed by atoms with Gasteiger partial charge in [0.1, 0.15) is 5.76 Å². The molecule has 0 radical (unpaired) electrons. The summed E-state index contributed by atoms with van der Waals surface area (Å²) in [5.41, 5.74) is 2.17. The molecule has 0 spiro atoms. The van der Waals surface area contributed by atoms with Crippen LogP contribution in [0.1, 0.15) is 35.2 Å². The Balaban J connectivity index is 1.77. The monoisotopic (exact) mass is 315 g/mol. The number of rotatable bonds is 7. The third kappa shape index (κ3) is 5.34. The molecule has 0 saturated heterocycles. The van der Waals surface area contributed by atoms with Crippen LogP contribution in [0.2, 0.25) is 0 Å². The summed E-state index contributed by atoms with van der Waals surface area (Å²) in [6.45, 7) is 4.61. The van der Waals surface area contributed by atoms with E-state index < -0.39 is 0 Å². The summed E-state index contributed by atoms with van der Waals surface area (Å²) in [5.74, 6) is 0.719. The zero-order valence-corrected chi connectivity index (χ0v) is 13.6. The number of nitrogens with one attached hydrogen (secondary N) is 1. The first-order valence-electron chi connectivity index (χ1n) is 7.45. The van der Waals surface area contributed by atoms with Crippen LogP contribution in [-0.4, -0.2) is 35.3 Å².